The number of piperidine rings is 1. The van der Waals surface area contributed by atoms with Crippen LogP contribution in [-0.2, 0) is 21.3 Å². The maximum absolute atomic E-state index is 12.8. The first-order valence-electron chi connectivity index (χ1n) is 11.1. The van der Waals surface area contributed by atoms with Gasteiger partial charge in [0.2, 0.25) is 0 Å². The van der Waals surface area contributed by atoms with E-state index in [1.165, 1.54) is 17.7 Å². The van der Waals surface area contributed by atoms with Crippen molar-refractivity contribution in [2.24, 2.45) is 0 Å². The molecular formula is C25H28F3N3O2S. The van der Waals surface area contributed by atoms with Gasteiger partial charge in [-0.25, -0.2) is 0 Å². The van der Waals surface area contributed by atoms with Crippen LogP contribution in [0.1, 0.15) is 50.3 Å². The van der Waals surface area contributed by atoms with Crippen LogP contribution < -0.4 is 10.8 Å². The molecule has 1 fully saturated rings. The van der Waals surface area contributed by atoms with Crippen molar-refractivity contribution in [2.75, 3.05) is 18.4 Å². The molecule has 4 rings (SSSR count). The maximum Gasteiger partial charge on any atom is 0.416 e. The van der Waals surface area contributed by atoms with Crippen LogP contribution in [0.4, 0.5) is 18.9 Å². The molecule has 0 atom stereocenters. The molecule has 0 unspecified atom stereocenters. The second-order valence-corrected chi connectivity index (χ2v) is 10.0. The molecule has 182 valence electrons. The third kappa shape index (κ3) is 5.71. The van der Waals surface area contributed by atoms with Gasteiger partial charge in [0.15, 0.2) is 0 Å². The van der Waals surface area contributed by atoms with Gasteiger partial charge in [-0.05, 0) is 71.9 Å². The average molecular weight is 492 g/mol. The summed E-state index contributed by atoms with van der Waals surface area (Å²) in [6.07, 6.45) is -1.12. The Labute approximate surface area is 202 Å². The first kappa shape index (κ1) is 24.5. The zero-order valence-electron chi connectivity index (χ0n) is 19.3. The number of rotatable bonds is 3. The highest BCUT2D eigenvalue weighted by Crippen LogP contribution is 2.36. The minimum atomic E-state index is -4.36. The van der Waals surface area contributed by atoms with Crippen molar-refractivity contribution in [1.29, 1.82) is 0 Å². The van der Waals surface area contributed by atoms with E-state index in [0.29, 0.717) is 37.2 Å². The monoisotopic (exact) mass is 491 g/mol. The van der Waals surface area contributed by atoms with Gasteiger partial charge in [0.1, 0.15) is 5.60 Å². The molecule has 2 heterocycles. The summed E-state index contributed by atoms with van der Waals surface area (Å²) < 4.78 is 38.4. The van der Waals surface area contributed by atoms with Gasteiger partial charge in [0, 0.05) is 18.8 Å². The number of alkyl halides is 3. The van der Waals surface area contributed by atoms with E-state index >= 15 is 0 Å². The van der Waals surface area contributed by atoms with Crippen LogP contribution in [0.2, 0.25) is 0 Å². The highest BCUT2D eigenvalue weighted by Gasteiger charge is 2.40. The molecule has 0 amide bonds. The summed E-state index contributed by atoms with van der Waals surface area (Å²) >= 11 is 5.36. The summed E-state index contributed by atoms with van der Waals surface area (Å²) in [5, 5.41) is 5.16. The minimum Gasteiger partial charge on any atom is -0.375 e. The molecule has 0 aromatic heterocycles. The molecule has 1 saturated heterocycles. The molecule has 0 aliphatic carbocycles. The van der Waals surface area contributed by atoms with Gasteiger partial charge in [0.25, 0.3) is 5.17 Å². The maximum atomic E-state index is 12.8. The van der Waals surface area contributed by atoms with E-state index in [0.717, 1.165) is 17.8 Å². The van der Waals surface area contributed by atoms with Crippen molar-refractivity contribution in [1.82, 2.24) is 10.5 Å². The van der Waals surface area contributed by atoms with Crippen molar-refractivity contribution in [3.63, 3.8) is 0 Å². The lowest BCUT2D eigenvalue weighted by Crippen LogP contribution is -2.45. The lowest BCUT2D eigenvalue weighted by molar-refractivity contribution is -0.142. The lowest BCUT2D eigenvalue weighted by Gasteiger charge is -2.35. The molecule has 0 radical (unpaired) electrons. The Hall–Kier alpha value is -2.62. The number of hydrogen-bond acceptors (Lipinski definition) is 5. The van der Waals surface area contributed by atoms with Crippen molar-refractivity contribution in [3.05, 3.63) is 71.3 Å². The summed E-state index contributed by atoms with van der Waals surface area (Å²) in [7, 11) is 0. The van der Waals surface area contributed by atoms with Crippen LogP contribution >= 0.6 is 12.2 Å². The summed E-state index contributed by atoms with van der Waals surface area (Å²) in [4.78, 5) is 11.6. The number of anilines is 1. The number of nitrogens with one attached hydrogen (secondary N) is 2. The molecule has 2 N–H and O–H groups in total. The van der Waals surface area contributed by atoms with E-state index < -0.39 is 17.3 Å². The summed E-state index contributed by atoms with van der Waals surface area (Å²) in [6, 6.07) is 13.1. The van der Waals surface area contributed by atoms with Crippen LogP contribution in [0.25, 0.3) is 5.70 Å². The van der Waals surface area contributed by atoms with Crippen LogP contribution in [0.5, 0.6) is 0 Å². The van der Waals surface area contributed by atoms with Crippen molar-refractivity contribution in [2.45, 2.75) is 50.8 Å². The predicted octanol–water partition coefficient (Wildman–Crippen LogP) is 6.04. The minimum absolute atomic E-state index is 0.0806. The second-order valence-electron chi connectivity index (χ2n) is 9.66. The predicted molar refractivity (Wildman–Crippen MR) is 130 cm³/mol. The van der Waals surface area contributed by atoms with E-state index in [-0.39, 0.29) is 10.6 Å². The standard InChI is InChI=1S/C25H28F3N3O2S/c1-23(2,3)18-8-10-20(11-9-18)29-22(34)32-31-14-12-24(13-15-31)16-21(30-33-24)17-4-6-19(7-5-17)25(26,27)28/h4-11,16,30H,12-15H2,1-3H3,(H,29,34). The molecule has 0 bridgehead atoms. The molecule has 34 heavy (non-hydrogen) atoms. The van der Waals surface area contributed by atoms with Crippen LogP contribution in [0, 0.1) is 0 Å². The molecule has 0 saturated carbocycles. The van der Waals surface area contributed by atoms with Crippen LogP contribution in [-0.4, -0.2) is 28.9 Å². The summed E-state index contributed by atoms with van der Waals surface area (Å²) in [6.45, 7) is 7.67. The van der Waals surface area contributed by atoms with Gasteiger partial charge >= 0.3 is 6.18 Å². The fraction of sp³-hybridized carbons (Fsp3) is 0.400. The Bertz CT molecular complexity index is 1050. The number of hydrogen-bond donors (Lipinski definition) is 2. The highest BCUT2D eigenvalue weighted by molar-refractivity contribution is 7.80. The number of thiocarbonyl (C=S) groups is 1. The normalized spacial score (nSPS) is 18.4. The molecule has 1 spiro atoms. The third-order valence-corrected chi connectivity index (χ3v) is 6.25. The van der Waals surface area contributed by atoms with Crippen LogP contribution in [0.3, 0.4) is 0 Å². The molecule has 5 nitrogen and oxygen atoms in total. The van der Waals surface area contributed by atoms with E-state index in [2.05, 4.69) is 43.7 Å². The summed E-state index contributed by atoms with van der Waals surface area (Å²) in [5.74, 6) is 0. The zero-order valence-corrected chi connectivity index (χ0v) is 20.1. The number of hydroxylamine groups is 3. The first-order chi connectivity index (χ1) is 15.9. The second kappa shape index (κ2) is 9.20. The van der Waals surface area contributed by atoms with E-state index in [1.807, 2.05) is 18.2 Å². The topological polar surface area (TPSA) is 45.8 Å². The molecule has 2 aromatic rings. The molecule has 2 aliphatic heterocycles. The van der Waals surface area contributed by atoms with Crippen molar-refractivity contribution >= 4 is 28.8 Å². The zero-order chi connectivity index (χ0) is 24.6. The number of nitrogens with zero attached hydrogens (tertiary/aromatic N) is 1. The number of halogens is 3. The quantitative estimate of drug-likeness (QED) is 0.511. The van der Waals surface area contributed by atoms with Gasteiger partial charge in [-0.2, -0.15) is 13.2 Å². The molecule has 2 aliphatic rings. The van der Waals surface area contributed by atoms with Gasteiger partial charge in [-0.15, -0.1) is 5.06 Å². The van der Waals surface area contributed by atoms with Gasteiger partial charge in [-0.1, -0.05) is 45.0 Å². The Kier molecular flexibility index (Phi) is 6.63. The fourth-order valence-electron chi connectivity index (χ4n) is 3.97. The van der Waals surface area contributed by atoms with Crippen molar-refractivity contribution < 1.29 is 22.8 Å². The largest absolute Gasteiger partial charge is 0.416 e. The number of benzene rings is 2. The summed E-state index contributed by atoms with van der Waals surface area (Å²) in [5.41, 5.74) is 5.16. The molecule has 9 heteroatoms. The van der Waals surface area contributed by atoms with Crippen molar-refractivity contribution in [3.8, 4) is 0 Å². The van der Waals surface area contributed by atoms with Gasteiger partial charge in [-0.3, -0.25) is 10.3 Å². The Balaban J connectivity index is 1.30. The Morgan fingerprint density at radius 2 is 1.59 bits per heavy atom. The lowest BCUT2D eigenvalue weighted by atomic mass is 9.87. The van der Waals surface area contributed by atoms with Crippen LogP contribution in [0.15, 0.2) is 54.6 Å². The fourth-order valence-corrected chi connectivity index (χ4v) is 4.20. The first-order valence-corrected chi connectivity index (χ1v) is 11.5. The molecule has 2 aromatic carbocycles. The Morgan fingerprint density at radius 3 is 2.15 bits per heavy atom. The Morgan fingerprint density at radius 1 is 1.00 bits per heavy atom. The van der Waals surface area contributed by atoms with Gasteiger partial charge in [0.05, 0.1) is 11.3 Å². The average Bonchev–Trinajstić information content (AvgIpc) is 3.18. The molecular weight excluding hydrogens is 463 g/mol. The van der Waals surface area contributed by atoms with E-state index in [1.54, 1.807) is 5.06 Å². The van der Waals surface area contributed by atoms with E-state index in [9.17, 15) is 13.2 Å². The highest BCUT2D eigenvalue weighted by atomic mass is 32.1. The van der Waals surface area contributed by atoms with Gasteiger partial charge < -0.3 is 10.2 Å². The smallest absolute Gasteiger partial charge is 0.375 e. The van der Waals surface area contributed by atoms with E-state index in [4.69, 9.17) is 21.9 Å². The third-order valence-electron chi connectivity index (χ3n) is 6.07. The SMILES string of the molecule is CC(C)(C)c1ccc(NC(=S)ON2CCC3(C=C(c4ccc(C(F)(F)F)cc4)NO3)CC2)cc1.